The molecular weight excluding hydrogens is 391 g/mol. The first-order valence-electron chi connectivity index (χ1n) is 7.14. The molecule has 1 fully saturated rings. The van der Waals surface area contributed by atoms with Gasteiger partial charge < -0.3 is 4.74 Å². The van der Waals surface area contributed by atoms with Gasteiger partial charge in [-0.1, -0.05) is 35.0 Å². The van der Waals surface area contributed by atoms with Crippen molar-refractivity contribution >= 4 is 45.0 Å². The van der Waals surface area contributed by atoms with Crippen LogP contribution in [0.15, 0.2) is 51.3 Å². The third-order valence-electron chi connectivity index (χ3n) is 3.42. The molecule has 0 atom stereocenters. The van der Waals surface area contributed by atoms with Gasteiger partial charge >= 0.3 is 0 Å². The molecule has 0 unspecified atom stereocenters. The number of sulfonamides is 1. The average Bonchev–Trinajstić information content (AvgIpc) is 2.59. The van der Waals surface area contributed by atoms with E-state index in [1.165, 1.54) is 22.3 Å². The zero-order valence-corrected chi connectivity index (χ0v) is 15.6. The monoisotopic (exact) mass is 404 g/mol. The predicted octanol–water partition coefficient (Wildman–Crippen LogP) is 3.56. The zero-order valence-electron chi connectivity index (χ0n) is 12.5. The molecule has 2 heterocycles. The van der Waals surface area contributed by atoms with Gasteiger partial charge in [-0.15, -0.1) is 0 Å². The smallest absolute Gasteiger partial charge is 0.244 e. The molecular formula is C15H14Cl2N2O3S2. The Morgan fingerprint density at radius 3 is 2.54 bits per heavy atom. The Kier molecular flexibility index (Phi) is 5.69. The van der Waals surface area contributed by atoms with Crippen molar-refractivity contribution in [3.05, 3.63) is 46.6 Å². The third-order valence-corrected chi connectivity index (χ3v) is 6.99. The number of hydrogen-bond acceptors (Lipinski definition) is 5. The highest BCUT2D eigenvalue weighted by Gasteiger charge is 2.26. The highest BCUT2D eigenvalue weighted by Crippen LogP contribution is 2.34. The Balaban J connectivity index is 1.79. The number of hydrogen-bond donors (Lipinski definition) is 0. The molecule has 5 nitrogen and oxygen atoms in total. The first kappa shape index (κ1) is 18.0. The van der Waals surface area contributed by atoms with Gasteiger partial charge in [0.15, 0.2) is 0 Å². The van der Waals surface area contributed by atoms with E-state index in [-0.39, 0.29) is 4.90 Å². The fraction of sp³-hybridized carbons (Fsp3) is 0.267. The molecule has 0 aliphatic carbocycles. The van der Waals surface area contributed by atoms with E-state index in [1.807, 2.05) is 0 Å². The van der Waals surface area contributed by atoms with Gasteiger partial charge in [0.05, 0.1) is 18.2 Å². The van der Waals surface area contributed by atoms with Crippen LogP contribution in [0.25, 0.3) is 0 Å². The molecule has 1 saturated heterocycles. The number of morpholine rings is 1. The summed E-state index contributed by atoms with van der Waals surface area (Å²) in [7, 11) is -3.53. The van der Waals surface area contributed by atoms with Crippen LogP contribution < -0.4 is 0 Å². The normalized spacial score (nSPS) is 16.2. The molecule has 128 valence electrons. The molecule has 24 heavy (non-hydrogen) atoms. The molecule has 1 aromatic carbocycles. The van der Waals surface area contributed by atoms with Gasteiger partial charge in [-0.2, -0.15) is 4.31 Å². The molecule has 0 amide bonds. The van der Waals surface area contributed by atoms with Gasteiger partial charge in [-0.05, 0) is 30.3 Å². The number of benzene rings is 1. The molecule has 3 rings (SSSR count). The van der Waals surface area contributed by atoms with E-state index in [2.05, 4.69) is 4.98 Å². The van der Waals surface area contributed by atoms with Crippen LogP contribution in [0.2, 0.25) is 10.0 Å². The van der Waals surface area contributed by atoms with Gasteiger partial charge in [-0.25, -0.2) is 13.4 Å². The van der Waals surface area contributed by atoms with Gasteiger partial charge in [0.2, 0.25) is 10.0 Å². The quantitative estimate of drug-likeness (QED) is 0.779. The number of nitrogens with zero attached hydrogens (tertiary/aromatic N) is 2. The Morgan fingerprint density at radius 2 is 1.88 bits per heavy atom. The van der Waals surface area contributed by atoms with Crippen LogP contribution in [0.3, 0.4) is 0 Å². The summed E-state index contributed by atoms with van der Waals surface area (Å²) in [4.78, 5) is 5.17. The number of ether oxygens (including phenoxy) is 1. The van der Waals surface area contributed by atoms with Crippen molar-refractivity contribution in [2.45, 2.75) is 14.8 Å². The summed E-state index contributed by atoms with van der Waals surface area (Å²) < 4.78 is 31.7. The molecule has 9 heteroatoms. The maximum Gasteiger partial charge on any atom is 0.244 e. The molecule has 2 aromatic rings. The lowest BCUT2D eigenvalue weighted by molar-refractivity contribution is 0.0730. The van der Waals surface area contributed by atoms with Gasteiger partial charge in [0.1, 0.15) is 9.92 Å². The standard InChI is InChI=1S/C15H14Cl2N2O3S2/c16-11-1-3-13(17)14(9-11)23-15-4-2-12(10-18-15)24(20,21)19-5-7-22-8-6-19/h1-4,9-10H,5-8H2. The first-order chi connectivity index (χ1) is 11.5. The number of aromatic nitrogens is 1. The lowest BCUT2D eigenvalue weighted by atomic mass is 10.4. The minimum Gasteiger partial charge on any atom is -0.379 e. The Bertz CT molecular complexity index is 823. The van der Waals surface area contributed by atoms with Crippen LogP contribution in [-0.2, 0) is 14.8 Å². The lowest BCUT2D eigenvalue weighted by Gasteiger charge is -2.25. The zero-order chi connectivity index (χ0) is 17.2. The summed E-state index contributed by atoms with van der Waals surface area (Å²) in [5.74, 6) is 0. The molecule has 0 spiro atoms. The molecule has 0 saturated carbocycles. The van der Waals surface area contributed by atoms with Crippen molar-refractivity contribution in [2.24, 2.45) is 0 Å². The summed E-state index contributed by atoms with van der Waals surface area (Å²) in [6.45, 7) is 1.54. The maximum atomic E-state index is 12.5. The fourth-order valence-electron chi connectivity index (χ4n) is 2.18. The summed E-state index contributed by atoms with van der Waals surface area (Å²) in [6, 6.07) is 8.38. The van der Waals surface area contributed by atoms with Crippen LogP contribution in [-0.4, -0.2) is 44.0 Å². The van der Waals surface area contributed by atoms with Crippen molar-refractivity contribution < 1.29 is 13.2 Å². The van der Waals surface area contributed by atoms with Crippen molar-refractivity contribution in [1.29, 1.82) is 0 Å². The Labute approximate surface area is 155 Å². The number of rotatable bonds is 4. The third kappa shape index (κ3) is 4.04. The van der Waals surface area contributed by atoms with E-state index >= 15 is 0 Å². The molecule has 0 radical (unpaired) electrons. The van der Waals surface area contributed by atoms with Gasteiger partial charge in [0.25, 0.3) is 0 Å². The van der Waals surface area contributed by atoms with E-state index < -0.39 is 10.0 Å². The summed E-state index contributed by atoms with van der Waals surface area (Å²) >= 11 is 13.4. The van der Waals surface area contributed by atoms with E-state index in [0.29, 0.717) is 41.4 Å². The van der Waals surface area contributed by atoms with E-state index in [4.69, 9.17) is 27.9 Å². The van der Waals surface area contributed by atoms with E-state index in [9.17, 15) is 8.42 Å². The van der Waals surface area contributed by atoms with Crippen LogP contribution in [0.5, 0.6) is 0 Å². The van der Waals surface area contributed by atoms with Gasteiger partial charge in [-0.3, -0.25) is 0 Å². The molecule has 1 aliphatic rings. The number of halogens is 2. The Morgan fingerprint density at radius 1 is 1.12 bits per heavy atom. The predicted molar refractivity (Wildman–Crippen MR) is 94.4 cm³/mol. The lowest BCUT2D eigenvalue weighted by Crippen LogP contribution is -2.40. The molecule has 0 N–H and O–H groups in total. The molecule has 0 bridgehead atoms. The summed E-state index contributed by atoms with van der Waals surface area (Å²) in [6.07, 6.45) is 1.37. The topological polar surface area (TPSA) is 59.5 Å². The molecule has 1 aliphatic heterocycles. The highest BCUT2D eigenvalue weighted by molar-refractivity contribution is 7.99. The van der Waals surface area contributed by atoms with Crippen molar-refractivity contribution in [2.75, 3.05) is 26.3 Å². The second-order valence-corrected chi connectivity index (χ2v) is 8.87. The summed E-state index contributed by atoms with van der Waals surface area (Å²) in [5, 5.41) is 1.78. The van der Waals surface area contributed by atoms with Crippen molar-refractivity contribution in [3.63, 3.8) is 0 Å². The van der Waals surface area contributed by atoms with Crippen LogP contribution in [0.1, 0.15) is 0 Å². The van der Waals surface area contributed by atoms with Crippen LogP contribution >= 0.6 is 35.0 Å². The largest absolute Gasteiger partial charge is 0.379 e. The second-order valence-electron chi connectivity index (χ2n) is 5.03. The Hall–Kier alpha value is -0.830. The SMILES string of the molecule is O=S(=O)(c1ccc(Sc2cc(Cl)ccc2Cl)nc1)N1CCOCC1. The van der Waals surface area contributed by atoms with Gasteiger partial charge in [0, 0.05) is 29.2 Å². The minimum atomic E-state index is -3.53. The fourth-order valence-corrected chi connectivity index (χ4v) is 4.83. The van der Waals surface area contributed by atoms with Crippen molar-refractivity contribution in [1.82, 2.24) is 9.29 Å². The maximum absolute atomic E-state index is 12.5. The second kappa shape index (κ2) is 7.59. The van der Waals surface area contributed by atoms with Crippen LogP contribution in [0, 0.1) is 0 Å². The van der Waals surface area contributed by atoms with Crippen LogP contribution in [0.4, 0.5) is 0 Å². The highest BCUT2D eigenvalue weighted by atomic mass is 35.5. The summed E-state index contributed by atoms with van der Waals surface area (Å²) in [5.41, 5.74) is 0. The molecule has 1 aromatic heterocycles. The van der Waals surface area contributed by atoms with E-state index in [0.717, 1.165) is 4.90 Å². The minimum absolute atomic E-state index is 0.172. The average molecular weight is 405 g/mol. The number of pyridine rings is 1. The van der Waals surface area contributed by atoms with Crippen molar-refractivity contribution in [3.8, 4) is 0 Å². The van der Waals surface area contributed by atoms with E-state index in [1.54, 1.807) is 30.3 Å². The first-order valence-corrected chi connectivity index (χ1v) is 10.1.